The third kappa shape index (κ3) is 4.20. The van der Waals surface area contributed by atoms with Gasteiger partial charge in [-0.1, -0.05) is 12.1 Å². The topological polar surface area (TPSA) is 83.4 Å². The highest BCUT2D eigenvalue weighted by Crippen LogP contribution is 2.25. The number of amides is 3. The van der Waals surface area contributed by atoms with Gasteiger partial charge in [-0.2, -0.15) is 0 Å². The van der Waals surface area contributed by atoms with Gasteiger partial charge in [-0.3, -0.25) is 4.79 Å². The lowest BCUT2D eigenvalue weighted by atomic mass is 10.1. The molecular formula is C21H18FN3O3. The van der Waals surface area contributed by atoms with E-state index in [0.717, 1.165) is 12.8 Å². The van der Waals surface area contributed by atoms with Gasteiger partial charge in [0, 0.05) is 17.4 Å². The number of hydrogen-bond acceptors (Lipinski definition) is 3. The smallest absolute Gasteiger partial charge is 0.319 e. The molecule has 3 aromatic rings. The normalized spacial score (nSPS) is 13.0. The molecule has 3 N–H and O–H groups in total. The van der Waals surface area contributed by atoms with E-state index in [1.165, 1.54) is 12.1 Å². The predicted octanol–water partition coefficient (Wildman–Crippen LogP) is 4.62. The second kappa shape index (κ2) is 7.56. The zero-order valence-electron chi connectivity index (χ0n) is 14.9. The summed E-state index contributed by atoms with van der Waals surface area (Å²) in [5.74, 6) is -0.513. The number of furan rings is 1. The Hall–Kier alpha value is -3.61. The van der Waals surface area contributed by atoms with E-state index in [0.29, 0.717) is 16.9 Å². The molecule has 1 aliphatic rings. The molecule has 0 unspecified atom stereocenters. The van der Waals surface area contributed by atoms with Gasteiger partial charge in [0.25, 0.3) is 5.91 Å². The van der Waals surface area contributed by atoms with Crippen molar-refractivity contribution in [1.82, 2.24) is 5.32 Å². The molecule has 1 heterocycles. The summed E-state index contributed by atoms with van der Waals surface area (Å²) in [5.41, 5.74) is 1.46. The van der Waals surface area contributed by atoms with E-state index >= 15 is 0 Å². The van der Waals surface area contributed by atoms with Crippen molar-refractivity contribution in [3.05, 3.63) is 72.2 Å². The van der Waals surface area contributed by atoms with Crippen LogP contribution in [0.15, 0.2) is 65.1 Å². The molecule has 1 fully saturated rings. The minimum atomic E-state index is -0.449. The lowest BCUT2D eigenvalue weighted by molar-refractivity contribution is 0.0997. The molecule has 4 rings (SSSR count). The fourth-order valence-corrected chi connectivity index (χ4v) is 2.68. The van der Waals surface area contributed by atoms with E-state index in [1.54, 1.807) is 48.5 Å². The first-order valence-corrected chi connectivity index (χ1v) is 8.92. The van der Waals surface area contributed by atoms with E-state index in [1.807, 2.05) is 0 Å². The third-order valence-electron chi connectivity index (χ3n) is 4.28. The van der Waals surface area contributed by atoms with Gasteiger partial charge >= 0.3 is 6.03 Å². The highest BCUT2D eigenvalue weighted by molar-refractivity contribution is 6.02. The second-order valence-electron chi connectivity index (χ2n) is 6.55. The molecule has 0 spiro atoms. The van der Waals surface area contributed by atoms with Gasteiger partial charge in [-0.15, -0.1) is 0 Å². The minimum Gasteiger partial charge on any atom is -0.451 e. The Morgan fingerprint density at radius 2 is 1.57 bits per heavy atom. The van der Waals surface area contributed by atoms with Gasteiger partial charge in [0.05, 0.1) is 5.56 Å². The average Bonchev–Trinajstić information content (AvgIpc) is 3.35. The van der Waals surface area contributed by atoms with Crippen molar-refractivity contribution in [1.29, 1.82) is 0 Å². The van der Waals surface area contributed by atoms with Crippen LogP contribution < -0.4 is 16.0 Å². The maximum atomic E-state index is 13.8. The van der Waals surface area contributed by atoms with Crippen LogP contribution in [0.3, 0.4) is 0 Å². The fraction of sp³-hybridized carbons (Fsp3) is 0.143. The molecule has 1 aliphatic carbocycles. The molecule has 142 valence electrons. The van der Waals surface area contributed by atoms with Crippen molar-refractivity contribution in [2.75, 3.05) is 10.6 Å². The third-order valence-corrected chi connectivity index (χ3v) is 4.28. The molecule has 28 heavy (non-hydrogen) atoms. The molecule has 0 saturated heterocycles. The minimum absolute atomic E-state index is 0.0734. The van der Waals surface area contributed by atoms with Gasteiger partial charge in [0.1, 0.15) is 11.6 Å². The molecule has 7 heteroatoms. The van der Waals surface area contributed by atoms with Crippen LogP contribution in [-0.2, 0) is 0 Å². The van der Waals surface area contributed by atoms with Crippen LogP contribution in [0.2, 0.25) is 0 Å². The Morgan fingerprint density at radius 3 is 2.25 bits per heavy atom. The number of benzene rings is 2. The number of urea groups is 1. The predicted molar refractivity (Wildman–Crippen MR) is 104 cm³/mol. The Labute approximate surface area is 160 Å². The van der Waals surface area contributed by atoms with Crippen LogP contribution in [0.25, 0.3) is 11.3 Å². The summed E-state index contributed by atoms with van der Waals surface area (Å²) < 4.78 is 19.3. The number of rotatable bonds is 5. The van der Waals surface area contributed by atoms with E-state index in [9.17, 15) is 14.0 Å². The van der Waals surface area contributed by atoms with Crippen LogP contribution in [0.5, 0.6) is 0 Å². The molecular weight excluding hydrogens is 361 g/mol. The monoisotopic (exact) mass is 379 g/mol. The lowest BCUT2D eigenvalue weighted by Gasteiger charge is -2.08. The van der Waals surface area contributed by atoms with Crippen molar-refractivity contribution in [3.63, 3.8) is 0 Å². The summed E-state index contributed by atoms with van der Waals surface area (Å²) in [6.45, 7) is 0. The largest absolute Gasteiger partial charge is 0.451 e. The van der Waals surface area contributed by atoms with Crippen molar-refractivity contribution < 1.29 is 18.4 Å². The molecule has 1 saturated carbocycles. The summed E-state index contributed by atoms with van der Waals surface area (Å²) in [6.07, 6.45) is 2.04. The average molecular weight is 379 g/mol. The van der Waals surface area contributed by atoms with E-state index in [-0.39, 0.29) is 23.6 Å². The highest BCUT2D eigenvalue weighted by Gasteiger charge is 2.23. The van der Waals surface area contributed by atoms with Gasteiger partial charge in [0.15, 0.2) is 5.76 Å². The zero-order valence-corrected chi connectivity index (χ0v) is 14.9. The van der Waals surface area contributed by atoms with Gasteiger partial charge < -0.3 is 20.4 Å². The van der Waals surface area contributed by atoms with E-state index in [4.69, 9.17) is 4.42 Å². The van der Waals surface area contributed by atoms with Gasteiger partial charge in [-0.25, -0.2) is 9.18 Å². The van der Waals surface area contributed by atoms with Crippen LogP contribution in [0, 0.1) is 5.82 Å². The van der Waals surface area contributed by atoms with Crippen molar-refractivity contribution in [2.45, 2.75) is 18.9 Å². The summed E-state index contributed by atoms with van der Waals surface area (Å²) in [7, 11) is 0. The summed E-state index contributed by atoms with van der Waals surface area (Å²) >= 11 is 0. The Kier molecular flexibility index (Phi) is 4.80. The van der Waals surface area contributed by atoms with Crippen LogP contribution >= 0.6 is 0 Å². The van der Waals surface area contributed by atoms with Gasteiger partial charge in [0.2, 0.25) is 0 Å². The first-order valence-electron chi connectivity index (χ1n) is 8.92. The Balaban J connectivity index is 1.38. The second-order valence-corrected chi connectivity index (χ2v) is 6.55. The van der Waals surface area contributed by atoms with Crippen LogP contribution in [-0.4, -0.2) is 18.0 Å². The number of anilines is 2. The lowest BCUT2D eigenvalue weighted by Crippen LogP contribution is -2.30. The zero-order chi connectivity index (χ0) is 19.5. The summed E-state index contributed by atoms with van der Waals surface area (Å²) in [6, 6.07) is 16.0. The van der Waals surface area contributed by atoms with Gasteiger partial charge in [-0.05, 0) is 61.4 Å². The Morgan fingerprint density at radius 1 is 0.893 bits per heavy atom. The molecule has 0 aliphatic heterocycles. The number of nitrogens with one attached hydrogen (secondary N) is 3. The van der Waals surface area contributed by atoms with E-state index < -0.39 is 11.7 Å². The fourth-order valence-electron chi connectivity index (χ4n) is 2.68. The summed E-state index contributed by atoms with van der Waals surface area (Å²) in [5, 5.41) is 8.27. The van der Waals surface area contributed by atoms with Crippen molar-refractivity contribution in [3.8, 4) is 11.3 Å². The standard InChI is InChI=1S/C21H18FN3O3/c22-17-4-2-1-3-16(17)18-11-12-19(28-18)20(26)23-13-5-7-14(8-6-13)24-21(27)25-15-9-10-15/h1-8,11-12,15H,9-10H2,(H,23,26)(H2,24,25,27). The maximum absolute atomic E-state index is 13.8. The van der Waals surface area contributed by atoms with Crippen molar-refractivity contribution >= 4 is 23.3 Å². The molecule has 3 amide bonds. The number of carbonyl (C=O) groups excluding carboxylic acids is 2. The van der Waals surface area contributed by atoms with Crippen LogP contribution in [0.1, 0.15) is 23.4 Å². The maximum Gasteiger partial charge on any atom is 0.319 e. The first kappa shape index (κ1) is 17.8. The highest BCUT2D eigenvalue weighted by atomic mass is 19.1. The number of hydrogen-bond donors (Lipinski definition) is 3. The molecule has 0 bridgehead atoms. The SMILES string of the molecule is O=C(Nc1ccc(NC(=O)c2ccc(-c3ccccc3F)o2)cc1)NC1CC1. The quantitative estimate of drug-likeness (QED) is 0.605. The number of halogens is 1. The Bertz CT molecular complexity index is 1010. The first-order chi connectivity index (χ1) is 13.6. The van der Waals surface area contributed by atoms with Crippen LogP contribution in [0.4, 0.5) is 20.6 Å². The van der Waals surface area contributed by atoms with E-state index in [2.05, 4.69) is 16.0 Å². The molecule has 0 radical (unpaired) electrons. The molecule has 6 nitrogen and oxygen atoms in total. The van der Waals surface area contributed by atoms with Crippen molar-refractivity contribution in [2.24, 2.45) is 0 Å². The number of carbonyl (C=O) groups is 2. The molecule has 2 aromatic carbocycles. The summed E-state index contributed by atoms with van der Waals surface area (Å²) in [4.78, 5) is 24.1. The molecule has 1 aromatic heterocycles. The molecule has 0 atom stereocenters.